The van der Waals surface area contributed by atoms with E-state index in [-0.39, 0.29) is 18.0 Å². The monoisotopic (exact) mass is 220 g/mol. The number of hydrogen-bond donors (Lipinski definition) is 1. The van der Waals surface area contributed by atoms with Gasteiger partial charge in [0.05, 0.1) is 6.61 Å². The summed E-state index contributed by atoms with van der Waals surface area (Å²) in [5, 5.41) is 8.93. The summed E-state index contributed by atoms with van der Waals surface area (Å²) in [6.07, 6.45) is 0. The van der Waals surface area contributed by atoms with E-state index in [0.717, 1.165) is 0 Å². The third kappa shape index (κ3) is 1.95. The van der Waals surface area contributed by atoms with Gasteiger partial charge in [0.15, 0.2) is 0 Å². The van der Waals surface area contributed by atoms with Crippen LogP contribution in [0.2, 0.25) is 0 Å². The van der Waals surface area contributed by atoms with Gasteiger partial charge < -0.3 is 5.11 Å². The van der Waals surface area contributed by atoms with Crippen molar-refractivity contribution in [1.29, 1.82) is 0 Å². The minimum atomic E-state index is -0.461. The second kappa shape index (κ2) is 4.41. The molecule has 0 atom stereocenters. The van der Waals surface area contributed by atoms with Crippen LogP contribution in [0.25, 0.3) is 11.1 Å². The van der Waals surface area contributed by atoms with Crippen molar-refractivity contribution in [2.75, 3.05) is 0 Å². The van der Waals surface area contributed by atoms with E-state index in [0.29, 0.717) is 11.1 Å². The van der Waals surface area contributed by atoms with E-state index in [1.54, 1.807) is 12.1 Å². The molecular formula is C13H10F2O. The molecule has 2 aromatic carbocycles. The van der Waals surface area contributed by atoms with E-state index < -0.39 is 5.82 Å². The highest BCUT2D eigenvalue weighted by molar-refractivity contribution is 5.64. The minimum Gasteiger partial charge on any atom is -0.392 e. The zero-order chi connectivity index (χ0) is 11.5. The van der Waals surface area contributed by atoms with Crippen molar-refractivity contribution in [1.82, 2.24) is 0 Å². The summed E-state index contributed by atoms with van der Waals surface area (Å²) in [6, 6.07) is 10.3. The molecule has 0 aliphatic carbocycles. The Morgan fingerprint density at radius 1 is 0.938 bits per heavy atom. The van der Waals surface area contributed by atoms with Gasteiger partial charge in [-0.15, -0.1) is 0 Å². The fraction of sp³-hybridized carbons (Fsp3) is 0.0769. The molecule has 0 amide bonds. The SMILES string of the molecule is OCc1cccc(-c2ccc(F)cc2)c1F. The maximum atomic E-state index is 13.8. The molecule has 0 heterocycles. The lowest BCUT2D eigenvalue weighted by atomic mass is 10.0. The van der Waals surface area contributed by atoms with Crippen LogP contribution in [0.3, 0.4) is 0 Å². The lowest BCUT2D eigenvalue weighted by Crippen LogP contribution is -1.93. The predicted molar refractivity (Wildman–Crippen MR) is 57.7 cm³/mol. The van der Waals surface area contributed by atoms with E-state index in [1.165, 1.54) is 30.3 Å². The van der Waals surface area contributed by atoms with Crippen molar-refractivity contribution >= 4 is 0 Å². The molecule has 2 aromatic rings. The molecule has 2 rings (SSSR count). The molecule has 16 heavy (non-hydrogen) atoms. The van der Waals surface area contributed by atoms with E-state index in [2.05, 4.69) is 0 Å². The summed E-state index contributed by atoms with van der Waals surface area (Å²) in [7, 11) is 0. The Labute approximate surface area is 92.0 Å². The van der Waals surface area contributed by atoms with Gasteiger partial charge in [0.25, 0.3) is 0 Å². The summed E-state index contributed by atoms with van der Waals surface area (Å²) in [4.78, 5) is 0. The Kier molecular flexibility index (Phi) is 2.97. The minimum absolute atomic E-state index is 0.238. The summed E-state index contributed by atoms with van der Waals surface area (Å²) in [5.41, 5.74) is 1.20. The van der Waals surface area contributed by atoms with Crippen molar-refractivity contribution in [3.05, 3.63) is 59.7 Å². The van der Waals surface area contributed by atoms with Crippen LogP contribution in [0, 0.1) is 11.6 Å². The van der Waals surface area contributed by atoms with Crippen LogP contribution in [-0.2, 0) is 6.61 Å². The first kappa shape index (κ1) is 10.8. The summed E-state index contributed by atoms with van der Waals surface area (Å²) < 4.78 is 26.5. The third-order valence-electron chi connectivity index (χ3n) is 2.40. The Hall–Kier alpha value is -1.74. The number of benzene rings is 2. The molecule has 0 bridgehead atoms. The zero-order valence-corrected chi connectivity index (χ0v) is 8.45. The van der Waals surface area contributed by atoms with Crippen LogP contribution in [-0.4, -0.2) is 5.11 Å². The number of aliphatic hydroxyl groups excluding tert-OH is 1. The number of halogens is 2. The number of rotatable bonds is 2. The van der Waals surface area contributed by atoms with Crippen molar-refractivity contribution in [3.63, 3.8) is 0 Å². The second-order valence-corrected chi connectivity index (χ2v) is 3.44. The van der Waals surface area contributed by atoms with E-state index in [1.807, 2.05) is 0 Å². The normalized spacial score (nSPS) is 10.4. The Morgan fingerprint density at radius 3 is 2.25 bits per heavy atom. The van der Waals surface area contributed by atoms with E-state index >= 15 is 0 Å². The molecule has 0 unspecified atom stereocenters. The van der Waals surface area contributed by atoms with Gasteiger partial charge in [-0.3, -0.25) is 0 Å². The first-order chi connectivity index (χ1) is 7.72. The van der Waals surface area contributed by atoms with Crippen LogP contribution < -0.4 is 0 Å². The highest BCUT2D eigenvalue weighted by Gasteiger charge is 2.08. The quantitative estimate of drug-likeness (QED) is 0.824. The first-order valence-corrected chi connectivity index (χ1v) is 4.86. The van der Waals surface area contributed by atoms with Gasteiger partial charge in [-0.1, -0.05) is 30.3 Å². The molecule has 0 spiro atoms. The third-order valence-corrected chi connectivity index (χ3v) is 2.40. The molecular weight excluding hydrogens is 210 g/mol. The molecule has 0 radical (unpaired) electrons. The molecule has 0 saturated heterocycles. The largest absolute Gasteiger partial charge is 0.392 e. The van der Waals surface area contributed by atoms with Crippen molar-refractivity contribution < 1.29 is 13.9 Å². The van der Waals surface area contributed by atoms with Crippen LogP contribution in [0.4, 0.5) is 8.78 Å². The molecule has 1 N–H and O–H groups in total. The lowest BCUT2D eigenvalue weighted by molar-refractivity contribution is 0.276. The fourth-order valence-electron chi connectivity index (χ4n) is 1.55. The highest BCUT2D eigenvalue weighted by Crippen LogP contribution is 2.25. The van der Waals surface area contributed by atoms with Crippen LogP contribution >= 0.6 is 0 Å². The molecule has 0 aromatic heterocycles. The van der Waals surface area contributed by atoms with Gasteiger partial charge in [0, 0.05) is 11.1 Å². The predicted octanol–water partition coefficient (Wildman–Crippen LogP) is 3.12. The average molecular weight is 220 g/mol. The van der Waals surface area contributed by atoms with Gasteiger partial charge in [0.2, 0.25) is 0 Å². The second-order valence-electron chi connectivity index (χ2n) is 3.44. The van der Waals surface area contributed by atoms with Gasteiger partial charge in [-0.25, -0.2) is 8.78 Å². The molecule has 0 aliphatic heterocycles. The Bertz CT molecular complexity index is 492. The fourth-order valence-corrected chi connectivity index (χ4v) is 1.55. The Balaban J connectivity index is 2.51. The summed E-state index contributed by atoms with van der Waals surface area (Å²) in [6.45, 7) is -0.346. The lowest BCUT2D eigenvalue weighted by Gasteiger charge is -2.06. The van der Waals surface area contributed by atoms with Crippen molar-refractivity contribution in [3.8, 4) is 11.1 Å². The standard InChI is InChI=1S/C13H10F2O/c14-11-6-4-9(5-7-11)12-3-1-2-10(8-16)13(12)15/h1-7,16H,8H2. The van der Waals surface area contributed by atoms with Crippen molar-refractivity contribution in [2.24, 2.45) is 0 Å². The van der Waals surface area contributed by atoms with Gasteiger partial charge >= 0.3 is 0 Å². The maximum absolute atomic E-state index is 13.8. The molecule has 0 aliphatic rings. The molecule has 82 valence electrons. The molecule has 0 fully saturated rings. The van der Waals surface area contributed by atoms with E-state index in [4.69, 9.17) is 5.11 Å². The zero-order valence-electron chi connectivity index (χ0n) is 8.45. The van der Waals surface area contributed by atoms with E-state index in [9.17, 15) is 8.78 Å². The van der Waals surface area contributed by atoms with Gasteiger partial charge in [-0.2, -0.15) is 0 Å². The summed E-state index contributed by atoms with van der Waals surface area (Å²) >= 11 is 0. The molecule has 0 saturated carbocycles. The molecule has 1 nitrogen and oxygen atoms in total. The maximum Gasteiger partial charge on any atom is 0.136 e. The molecule has 3 heteroatoms. The van der Waals surface area contributed by atoms with Gasteiger partial charge in [0.1, 0.15) is 11.6 Å². The summed E-state index contributed by atoms with van der Waals surface area (Å²) in [5.74, 6) is -0.820. The van der Waals surface area contributed by atoms with Crippen molar-refractivity contribution in [2.45, 2.75) is 6.61 Å². The number of aliphatic hydroxyl groups is 1. The first-order valence-electron chi connectivity index (χ1n) is 4.86. The van der Waals surface area contributed by atoms with Gasteiger partial charge in [-0.05, 0) is 17.7 Å². The topological polar surface area (TPSA) is 20.2 Å². The Morgan fingerprint density at radius 2 is 1.62 bits per heavy atom. The smallest absolute Gasteiger partial charge is 0.136 e. The van der Waals surface area contributed by atoms with Crippen LogP contribution in [0.1, 0.15) is 5.56 Å². The average Bonchev–Trinajstić information content (AvgIpc) is 2.31. The number of hydrogen-bond acceptors (Lipinski definition) is 1. The highest BCUT2D eigenvalue weighted by atomic mass is 19.1. The van der Waals surface area contributed by atoms with Crippen LogP contribution in [0.5, 0.6) is 0 Å². The van der Waals surface area contributed by atoms with Crippen LogP contribution in [0.15, 0.2) is 42.5 Å².